The Bertz CT molecular complexity index is 394. The van der Waals surface area contributed by atoms with E-state index in [1.54, 1.807) is 6.20 Å². The van der Waals surface area contributed by atoms with Crippen LogP contribution in [0.15, 0.2) is 18.5 Å². The third-order valence-corrected chi connectivity index (χ3v) is 4.74. The summed E-state index contributed by atoms with van der Waals surface area (Å²) in [5, 5.41) is 4.54. The Morgan fingerprint density at radius 3 is 2.95 bits per heavy atom. The first-order valence-electron chi connectivity index (χ1n) is 7.54. The van der Waals surface area contributed by atoms with E-state index in [4.69, 9.17) is 11.6 Å². The lowest BCUT2D eigenvalue weighted by Crippen LogP contribution is -2.39. The second-order valence-electron chi connectivity index (χ2n) is 5.80. The molecule has 0 radical (unpaired) electrons. The molecule has 106 valence electrons. The molecule has 3 atom stereocenters. The molecule has 1 aromatic heterocycles. The van der Waals surface area contributed by atoms with Crippen molar-refractivity contribution in [1.29, 1.82) is 0 Å². The third kappa shape index (κ3) is 3.93. The van der Waals surface area contributed by atoms with Crippen molar-refractivity contribution in [3.8, 4) is 0 Å². The van der Waals surface area contributed by atoms with Gasteiger partial charge in [-0.15, -0.1) is 0 Å². The van der Waals surface area contributed by atoms with Crippen molar-refractivity contribution in [2.45, 2.75) is 52.0 Å². The summed E-state index contributed by atoms with van der Waals surface area (Å²) in [5.41, 5.74) is 1.23. The van der Waals surface area contributed by atoms with Crippen LogP contribution in [-0.4, -0.2) is 17.6 Å². The van der Waals surface area contributed by atoms with Gasteiger partial charge < -0.3 is 5.32 Å². The van der Waals surface area contributed by atoms with Crippen LogP contribution in [0.1, 0.15) is 45.1 Å². The van der Waals surface area contributed by atoms with Gasteiger partial charge >= 0.3 is 0 Å². The number of nitrogens with one attached hydrogen (secondary N) is 1. The summed E-state index contributed by atoms with van der Waals surface area (Å²) in [5.74, 6) is 1.62. The van der Waals surface area contributed by atoms with Gasteiger partial charge in [0.05, 0.1) is 5.02 Å². The van der Waals surface area contributed by atoms with E-state index in [1.807, 2.05) is 6.20 Å². The standard InChI is InChI=1S/C16H25ClN2/c1-3-8-19-16(14-6-4-5-12(14)2)10-13-7-9-18-11-15(13)17/h7,9,11-12,14,16,19H,3-6,8,10H2,1-2H3. The fraction of sp³-hybridized carbons (Fsp3) is 0.688. The number of nitrogens with zero attached hydrogens (tertiary/aromatic N) is 1. The zero-order valence-electron chi connectivity index (χ0n) is 12.0. The number of halogens is 1. The van der Waals surface area contributed by atoms with E-state index in [0.29, 0.717) is 6.04 Å². The van der Waals surface area contributed by atoms with Gasteiger partial charge in [0.1, 0.15) is 0 Å². The van der Waals surface area contributed by atoms with Gasteiger partial charge in [-0.1, -0.05) is 38.3 Å². The Morgan fingerprint density at radius 2 is 2.32 bits per heavy atom. The fourth-order valence-corrected chi connectivity index (χ4v) is 3.48. The van der Waals surface area contributed by atoms with E-state index in [-0.39, 0.29) is 0 Å². The molecule has 0 saturated heterocycles. The Morgan fingerprint density at radius 1 is 1.47 bits per heavy atom. The second kappa shape index (κ2) is 7.25. The highest BCUT2D eigenvalue weighted by Crippen LogP contribution is 2.35. The van der Waals surface area contributed by atoms with E-state index < -0.39 is 0 Å². The van der Waals surface area contributed by atoms with Crippen LogP contribution in [-0.2, 0) is 6.42 Å². The average molecular weight is 281 g/mol. The molecule has 0 aliphatic heterocycles. The lowest BCUT2D eigenvalue weighted by atomic mass is 9.86. The molecule has 1 aliphatic carbocycles. The predicted molar refractivity (Wildman–Crippen MR) is 81.5 cm³/mol. The van der Waals surface area contributed by atoms with Crippen LogP contribution in [0.25, 0.3) is 0 Å². The van der Waals surface area contributed by atoms with E-state index >= 15 is 0 Å². The van der Waals surface area contributed by atoms with Gasteiger partial charge in [0.15, 0.2) is 0 Å². The quantitative estimate of drug-likeness (QED) is 0.849. The molecule has 19 heavy (non-hydrogen) atoms. The Labute approximate surface area is 122 Å². The summed E-state index contributed by atoms with van der Waals surface area (Å²) in [4.78, 5) is 4.07. The van der Waals surface area contributed by atoms with E-state index in [9.17, 15) is 0 Å². The molecule has 2 nitrogen and oxygen atoms in total. The summed E-state index contributed by atoms with van der Waals surface area (Å²) >= 11 is 6.26. The van der Waals surface area contributed by atoms with Crippen LogP contribution in [0.4, 0.5) is 0 Å². The highest BCUT2D eigenvalue weighted by Gasteiger charge is 2.30. The first-order valence-corrected chi connectivity index (χ1v) is 7.92. The van der Waals surface area contributed by atoms with Gasteiger partial charge in [-0.05, 0) is 49.3 Å². The predicted octanol–water partition coefficient (Wildman–Crippen LogP) is 4.08. The third-order valence-electron chi connectivity index (χ3n) is 4.40. The summed E-state index contributed by atoms with van der Waals surface area (Å²) < 4.78 is 0. The molecule has 0 amide bonds. The van der Waals surface area contributed by atoms with Crippen molar-refractivity contribution < 1.29 is 0 Å². The maximum absolute atomic E-state index is 6.26. The van der Waals surface area contributed by atoms with Gasteiger partial charge in [0.25, 0.3) is 0 Å². The zero-order valence-corrected chi connectivity index (χ0v) is 12.8. The van der Waals surface area contributed by atoms with Crippen molar-refractivity contribution in [2.75, 3.05) is 6.54 Å². The molecular formula is C16H25ClN2. The maximum Gasteiger partial charge on any atom is 0.0621 e. The van der Waals surface area contributed by atoms with E-state index in [2.05, 4.69) is 30.2 Å². The molecule has 3 heteroatoms. The highest BCUT2D eigenvalue weighted by molar-refractivity contribution is 6.31. The molecule has 1 aliphatic rings. The van der Waals surface area contributed by atoms with E-state index in [1.165, 1.54) is 31.2 Å². The molecule has 1 saturated carbocycles. The number of hydrogen-bond donors (Lipinski definition) is 1. The van der Waals surface area contributed by atoms with Gasteiger partial charge in [-0.25, -0.2) is 0 Å². The molecule has 0 bridgehead atoms. The molecule has 2 rings (SSSR count). The van der Waals surface area contributed by atoms with Crippen LogP contribution in [0.3, 0.4) is 0 Å². The van der Waals surface area contributed by atoms with Crippen LogP contribution in [0.2, 0.25) is 5.02 Å². The lowest BCUT2D eigenvalue weighted by Gasteiger charge is -2.28. The van der Waals surface area contributed by atoms with Gasteiger partial charge in [-0.2, -0.15) is 0 Å². The van der Waals surface area contributed by atoms with Gasteiger partial charge in [-0.3, -0.25) is 4.98 Å². The zero-order chi connectivity index (χ0) is 13.7. The molecule has 0 spiro atoms. The van der Waals surface area contributed by atoms with Crippen molar-refractivity contribution >= 4 is 11.6 Å². The van der Waals surface area contributed by atoms with Crippen molar-refractivity contribution in [2.24, 2.45) is 11.8 Å². The Balaban J connectivity index is 2.07. The maximum atomic E-state index is 6.26. The summed E-state index contributed by atoms with van der Waals surface area (Å²) in [6.45, 7) is 5.71. The monoisotopic (exact) mass is 280 g/mol. The number of hydrogen-bond acceptors (Lipinski definition) is 2. The first-order chi connectivity index (χ1) is 9.22. The minimum Gasteiger partial charge on any atom is -0.313 e. The smallest absolute Gasteiger partial charge is 0.0621 e. The summed E-state index contributed by atoms with van der Waals surface area (Å²) in [6.07, 6.45) is 9.91. The fourth-order valence-electron chi connectivity index (χ4n) is 3.28. The number of aromatic nitrogens is 1. The minimum absolute atomic E-state index is 0.553. The largest absolute Gasteiger partial charge is 0.313 e. The van der Waals surface area contributed by atoms with Crippen LogP contribution in [0, 0.1) is 11.8 Å². The number of pyridine rings is 1. The molecule has 3 unspecified atom stereocenters. The highest BCUT2D eigenvalue weighted by atomic mass is 35.5. The first kappa shape index (κ1) is 14.8. The molecule has 1 fully saturated rings. The van der Waals surface area contributed by atoms with Crippen LogP contribution >= 0.6 is 11.6 Å². The van der Waals surface area contributed by atoms with Crippen LogP contribution in [0.5, 0.6) is 0 Å². The molecule has 1 N–H and O–H groups in total. The molecule has 0 aromatic carbocycles. The molecule has 1 heterocycles. The lowest BCUT2D eigenvalue weighted by molar-refractivity contribution is 0.295. The van der Waals surface area contributed by atoms with Crippen LogP contribution < -0.4 is 5.32 Å². The van der Waals surface area contributed by atoms with Gasteiger partial charge in [0.2, 0.25) is 0 Å². The van der Waals surface area contributed by atoms with Gasteiger partial charge in [0, 0.05) is 18.4 Å². The van der Waals surface area contributed by atoms with E-state index in [0.717, 1.165) is 29.8 Å². The molecule has 1 aromatic rings. The normalized spacial score (nSPS) is 24.6. The van der Waals surface area contributed by atoms with Crippen molar-refractivity contribution in [1.82, 2.24) is 10.3 Å². The summed E-state index contributed by atoms with van der Waals surface area (Å²) in [6, 6.07) is 2.61. The van der Waals surface area contributed by atoms with Crippen molar-refractivity contribution in [3.63, 3.8) is 0 Å². The molecular weight excluding hydrogens is 256 g/mol. The topological polar surface area (TPSA) is 24.9 Å². The summed E-state index contributed by atoms with van der Waals surface area (Å²) in [7, 11) is 0. The Kier molecular flexibility index (Phi) is 5.65. The SMILES string of the molecule is CCCNC(Cc1ccncc1Cl)C1CCCC1C. The Hall–Kier alpha value is -0.600. The van der Waals surface area contributed by atoms with Crippen molar-refractivity contribution in [3.05, 3.63) is 29.0 Å². The second-order valence-corrected chi connectivity index (χ2v) is 6.21. The average Bonchev–Trinajstić information content (AvgIpc) is 2.83. The number of rotatable bonds is 6. The minimum atomic E-state index is 0.553.